The maximum atomic E-state index is 13.0. The van der Waals surface area contributed by atoms with E-state index in [9.17, 15) is 14.7 Å². The molecule has 3 aromatic heterocycles. The SMILES string of the molecule is CCc1c(C)c2cc3[n-]c(cc4nc(cc5nc(cc1[n-]2)C(C)=C5C(=O)OC)[C@@H](CCC(=O)OC)[C@@H]4C)c(C)c3C(C)O.[Zn+2]. The molecule has 0 fully saturated rings. The summed E-state index contributed by atoms with van der Waals surface area (Å²) in [5, 5.41) is 10.8. The molecule has 0 radical (unpaired) electrons. The molecule has 0 amide bonds. The Morgan fingerprint density at radius 1 is 0.909 bits per heavy atom. The number of aliphatic hydroxyl groups excluding tert-OH is 1. The van der Waals surface area contributed by atoms with Gasteiger partial charge in [-0.15, -0.1) is 22.1 Å². The van der Waals surface area contributed by atoms with Crippen molar-refractivity contribution in [3.8, 4) is 0 Å². The van der Waals surface area contributed by atoms with E-state index in [1.807, 2.05) is 45.0 Å². The minimum Gasteiger partial charge on any atom is -0.657 e. The van der Waals surface area contributed by atoms with Crippen molar-refractivity contribution in [2.45, 2.75) is 78.7 Å². The van der Waals surface area contributed by atoms with Crippen LogP contribution in [0, 0.1) is 13.8 Å². The zero-order valence-electron chi connectivity index (χ0n) is 26.7. The number of ether oxygens (including phenoxy) is 2. The van der Waals surface area contributed by atoms with Crippen LogP contribution in [0.1, 0.15) is 104 Å². The van der Waals surface area contributed by atoms with Gasteiger partial charge in [-0.3, -0.25) is 9.78 Å². The van der Waals surface area contributed by atoms with E-state index in [0.717, 1.165) is 56.6 Å². The molecule has 8 bridgehead atoms. The number of aromatic nitrogens is 4. The van der Waals surface area contributed by atoms with Crippen molar-refractivity contribution in [3.63, 3.8) is 0 Å². The van der Waals surface area contributed by atoms with Gasteiger partial charge in [-0.25, -0.2) is 9.78 Å². The Morgan fingerprint density at radius 3 is 2.23 bits per heavy atom. The third-order valence-corrected chi connectivity index (χ3v) is 8.82. The van der Waals surface area contributed by atoms with Gasteiger partial charge in [0.1, 0.15) is 0 Å². The van der Waals surface area contributed by atoms with Crippen LogP contribution in [-0.4, -0.2) is 41.2 Å². The number of aryl methyl sites for hydroxylation is 3. The van der Waals surface area contributed by atoms with E-state index < -0.39 is 12.1 Å². The van der Waals surface area contributed by atoms with Crippen LogP contribution in [0.3, 0.4) is 0 Å². The minimum atomic E-state index is -0.729. The van der Waals surface area contributed by atoms with Crippen LogP contribution in [0.25, 0.3) is 33.2 Å². The normalized spacial score (nSPS) is 16.8. The Balaban J connectivity index is 0.00000442. The number of allylic oxidation sites excluding steroid dienone is 1. The van der Waals surface area contributed by atoms with Crippen LogP contribution >= 0.6 is 0 Å². The molecule has 9 nitrogen and oxygen atoms in total. The Morgan fingerprint density at radius 2 is 1.59 bits per heavy atom. The van der Waals surface area contributed by atoms with Gasteiger partial charge in [0.05, 0.1) is 37.3 Å². The number of nitrogens with zero attached hydrogens (tertiary/aromatic N) is 4. The Labute approximate surface area is 270 Å². The maximum Gasteiger partial charge on any atom is 2.00 e. The van der Waals surface area contributed by atoms with Gasteiger partial charge in [0.2, 0.25) is 0 Å². The van der Waals surface area contributed by atoms with Crippen molar-refractivity contribution < 1.29 is 43.6 Å². The van der Waals surface area contributed by atoms with E-state index in [1.54, 1.807) is 6.92 Å². The van der Waals surface area contributed by atoms with E-state index in [-0.39, 0.29) is 43.7 Å². The molecular weight excluding hydrogens is 610 g/mol. The van der Waals surface area contributed by atoms with Crippen molar-refractivity contribution in [2.24, 2.45) is 0 Å². The summed E-state index contributed by atoms with van der Waals surface area (Å²) >= 11 is 0. The van der Waals surface area contributed by atoms with Crippen LogP contribution < -0.4 is 9.97 Å². The predicted molar refractivity (Wildman–Crippen MR) is 165 cm³/mol. The standard InChI is InChI=1S/C34H39N4O5.Zn/c1-9-21-16(2)24-14-29-32(20(6)39)18(4)25(37-29)12-23-17(3)22(10-11-31(40)42-7)28(36-23)15-30-33(34(41)43-8)19(5)26(38-30)13-27(21)35-24;/h12-15,17,20,22,39H,9-11H2,1-8H3,(H-,35,36,37,38,41);/q-1;+2/p-1/t17-,20?,22-;/m0./s1. The third-order valence-electron chi connectivity index (χ3n) is 8.82. The fourth-order valence-corrected chi connectivity index (χ4v) is 6.32. The molecule has 1 N–H and O–H groups in total. The van der Waals surface area contributed by atoms with E-state index >= 15 is 0 Å². The van der Waals surface area contributed by atoms with Gasteiger partial charge in [0.25, 0.3) is 0 Å². The molecule has 5 rings (SSSR count). The van der Waals surface area contributed by atoms with Gasteiger partial charge in [0.15, 0.2) is 0 Å². The third kappa shape index (κ3) is 5.90. The summed E-state index contributed by atoms with van der Waals surface area (Å²) in [5.74, 6) is -0.951. The molecule has 2 aliphatic rings. The van der Waals surface area contributed by atoms with E-state index in [4.69, 9.17) is 29.4 Å². The van der Waals surface area contributed by atoms with E-state index in [0.29, 0.717) is 34.5 Å². The Kier molecular flexibility index (Phi) is 9.96. The summed E-state index contributed by atoms with van der Waals surface area (Å²) in [6, 6.07) is 7.64. The second-order valence-electron chi connectivity index (χ2n) is 11.4. The molecule has 5 heterocycles. The van der Waals surface area contributed by atoms with Crippen molar-refractivity contribution in [1.82, 2.24) is 19.9 Å². The summed E-state index contributed by atoms with van der Waals surface area (Å²) < 4.78 is 10.1. The average molecular weight is 648 g/mol. The fourth-order valence-electron chi connectivity index (χ4n) is 6.32. The first-order valence-corrected chi connectivity index (χ1v) is 14.7. The molecule has 3 aromatic rings. The first kappa shape index (κ1) is 33.3. The number of rotatable bonds is 6. The van der Waals surface area contributed by atoms with Crippen molar-refractivity contribution in [2.75, 3.05) is 14.2 Å². The second kappa shape index (κ2) is 13.2. The number of hydrogen-bond donors (Lipinski definition) is 1. The molecule has 2 aliphatic heterocycles. The number of hydrogen-bond acceptors (Lipinski definition) is 7. The number of carbonyl (C=O) groups excluding carboxylic acids is 2. The van der Waals surface area contributed by atoms with Gasteiger partial charge >= 0.3 is 31.4 Å². The monoisotopic (exact) mass is 646 g/mol. The molecule has 0 aromatic carbocycles. The van der Waals surface area contributed by atoms with E-state index in [2.05, 4.69) is 13.8 Å². The van der Waals surface area contributed by atoms with E-state index in [1.165, 1.54) is 14.2 Å². The molecule has 3 atom stereocenters. The smallest absolute Gasteiger partial charge is 0.657 e. The number of methoxy groups -OCH3 is 2. The molecular formula is C34H38N4O5Zn. The quantitative estimate of drug-likeness (QED) is 0.263. The zero-order chi connectivity index (χ0) is 31.2. The molecule has 226 valence electrons. The maximum absolute atomic E-state index is 13.0. The van der Waals surface area contributed by atoms with Crippen LogP contribution in [-0.2, 0) is 45.0 Å². The van der Waals surface area contributed by atoms with Gasteiger partial charge in [-0.1, -0.05) is 48.7 Å². The first-order valence-electron chi connectivity index (χ1n) is 14.7. The first-order chi connectivity index (χ1) is 20.5. The molecule has 0 saturated carbocycles. The van der Waals surface area contributed by atoms with Crippen LogP contribution in [0.4, 0.5) is 0 Å². The molecule has 1 unspecified atom stereocenters. The second-order valence-corrected chi connectivity index (χ2v) is 11.4. The topological polar surface area (TPSA) is 127 Å². The summed E-state index contributed by atoms with van der Waals surface area (Å²) in [6.07, 6.45) is 0.764. The molecule has 0 spiro atoms. The Bertz CT molecular complexity index is 1820. The number of esters is 2. The predicted octanol–water partition coefficient (Wildman–Crippen LogP) is 5.75. The average Bonchev–Trinajstić information content (AvgIpc) is 3.64. The number of carbonyl (C=O) groups is 2. The number of fused-ring (bicyclic) bond motifs is 8. The molecule has 0 saturated heterocycles. The minimum absolute atomic E-state index is 0. The summed E-state index contributed by atoms with van der Waals surface area (Å²) in [5.41, 5.74) is 10.4. The fraction of sp³-hybridized carbons (Fsp3) is 0.412. The van der Waals surface area contributed by atoms with Gasteiger partial charge in [-0.05, 0) is 57.7 Å². The summed E-state index contributed by atoms with van der Waals surface area (Å²) in [6.45, 7) is 11.8. The van der Waals surface area contributed by atoms with Crippen LogP contribution in [0.2, 0.25) is 0 Å². The van der Waals surface area contributed by atoms with Crippen LogP contribution in [0.5, 0.6) is 0 Å². The largest absolute Gasteiger partial charge is 2.00 e. The van der Waals surface area contributed by atoms with Crippen molar-refractivity contribution >= 4 is 45.2 Å². The summed E-state index contributed by atoms with van der Waals surface area (Å²) in [7, 11) is 2.74. The zero-order valence-corrected chi connectivity index (χ0v) is 29.7. The molecule has 0 aliphatic carbocycles. The Hall–Kier alpha value is -3.62. The van der Waals surface area contributed by atoms with Gasteiger partial charge in [-0.2, -0.15) is 0 Å². The number of aliphatic hydroxyl groups is 1. The van der Waals surface area contributed by atoms with Gasteiger partial charge < -0.3 is 24.5 Å². The molecule has 44 heavy (non-hydrogen) atoms. The van der Waals surface area contributed by atoms with Crippen molar-refractivity contribution in [1.29, 1.82) is 0 Å². The van der Waals surface area contributed by atoms with Crippen molar-refractivity contribution in [3.05, 3.63) is 69.3 Å². The van der Waals surface area contributed by atoms with Crippen LogP contribution in [0.15, 0.2) is 24.3 Å². The molecule has 10 heteroatoms. The summed E-state index contributed by atoms with van der Waals surface area (Å²) in [4.78, 5) is 45.0. The van der Waals surface area contributed by atoms with Gasteiger partial charge in [0, 0.05) is 29.6 Å².